The van der Waals surface area contributed by atoms with Crippen molar-refractivity contribution in [2.75, 3.05) is 30.3 Å². The molecule has 2 amide bonds. The topological polar surface area (TPSA) is 61.4 Å². The zero-order valence-electron chi connectivity index (χ0n) is 13.1. The standard InChI is InChI=1S/C16H25N3O2/c1-4-9-19(10-5-2)12-16(21)18-15-8-6-7-14(11-15)17-13(3)20/h6-8,11H,4-5,9-10,12H2,1-3H3,(H,17,20)(H,18,21). The summed E-state index contributed by atoms with van der Waals surface area (Å²) in [4.78, 5) is 25.2. The molecule has 1 aromatic carbocycles. The van der Waals surface area contributed by atoms with Gasteiger partial charge in [-0.3, -0.25) is 14.5 Å². The van der Waals surface area contributed by atoms with Crippen LogP contribution in [-0.2, 0) is 9.59 Å². The Hall–Kier alpha value is -1.88. The summed E-state index contributed by atoms with van der Waals surface area (Å²) in [7, 11) is 0. The van der Waals surface area contributed by atoms with Crippen molar-refractivity contribution in [3.63, 3.8) is 0 Å². The molecule has 0 saturated carbocycles. The first-order chi connectivity index (χ1) is 10.0. The lowest BCUT2D eigenvalue weighted by Crippen LogP contribution is -2.34. The monoisotopic (exact) mass is 291 g/mol. The molecule has 0 aliphatic carbocycles. The summed E-state index contributed by atoms with van der Waals surface area (Å²) in [5, 5.41) is 5.57. The molecule has 5 heteroatoms. The number of benzene rings is 1. The Morgan fingerprint density at radius 1 is 1.05 bits per heavy atom. The molecule has 21 heavy (non-hydrogen) atoms. The number of rotatable bonds is 8. The van der Waals surface area contributed by atoms with Crippen LogP contribution in [0.1, 0.15) is 33.6 Å². The summed E-state index contributed by atoms with van der Waals surface area (Å²) in [5.41, 5.74) is 1.37. The fraction of sp³-hybridized carbons (Fsp3) is 0.500. The van der Waals surface area contributed by atoms with Crippen molar-refractivity contribution >= 4 is 23.2 Å². The fourth-order valence-corrected chi connectivity index (χ4v) is 2.18. The van der Waals surface area contributed by atoms with Gasteiger partial charge in [0.15, 0.2) is 0 Å². The average molecular weight is 291 g/mol. The van der Waals surface area contributed by atoms with Crippen LogP contribution in [0.4, 0.5) is 11.4 Å². The fourth-order valence-electron chi connectivity index (χ4n) is 2.18. The third kappa shape index (κ3) is 6.90. The van der Waals surface area contributed by atoms with E-state index in [1.165, 1.54) is 6.92 Å². The van der Waals surface area contributed by atoms with Gasteiger partial charge in [0.2, 0.25) is 11.8 Å². The number of hydrogen-bond acceptors (Lipinski definition) is 3. The van der Waals surface area contributed by atoms with Gasteiger partial charge in [0.05, 0.1) is 6.54 Å². The van der Waals surface area contributed by atoms with Crippen molar-refractivity contribution in [1.82, 2.24) is 4.90 Å². The maximum Gasteiger partial charge on any atom is 0.238 e. The Morgan fingerprint density at radius 3 is 2.14 bits per heavy atom. The summed E-state index contributed by atoms with van der Waals surface area (Å²) < 4.78 is 0. The molecule has 5 nitrogen and oxygen atoms in total. The lowest BCUT2D eigenvalue weighted by molar-refractivity contribution is -0.117. The van der Waals surface area contributed by atoms with Gasteiger partial charge in [0, 0.05) is 18.3 Å². The molecule has 1 aromatic rings. The van der Waals surface area contributed by atoms with E-state index in [4.69, 9.17) is 0 Å². The van der Waals surface area contributed by atoms with E-state index in [2.05, 4.69) is 29.4 Å². The van der Waals surface area contributed by atoms with Crippen LogP contribution in [0.2, 0.25) is 0 Å². The van der Waals surface area contributed by atoms with Crippen LogP contribution >= 0.6 is 0 Å². The van der Waals surface area contributed by atoms with Gasteiger partial charge < -0.3 is 10.6 Å². The van der Waals surface area contributed by atoms with Gasteiger partial charge in [-0.05, 0) is 44.1 Å². The van der Waals surface area contributed by atoms with Crippen LogP contribution in [-0.4, -0.2) is 36.3 Å². The SMILES string of the molecule is CCCN(CCC)CC(=O)Nc1cccc(NC(C)=O)c1. The molecule has 0 saturated heterocycles. The molecule has 116 valence electrons. The van der Waals surface area contributed by atoms with Gasteiger partial charge in [-0.1, -0.05) is 19.9 Å². The quantitative estimate of drug-likeness (QED) is 0.774. The summed E-state index contributed by atoms with van der Waals surface area (Å²) in [6.45, 7) is 7.92. The Kier molecular flexibility index (Phi) is 7.46. The molecular formula is C16H25N3O2. The van der Waals surface area contributed by atoms with E-state index in [1.807, 2.05) is 6.07 Å². The van der Waals surface area contributed by atoms with Crippen molar-refractivity contribution < 1.29 is 9.59 Å². The highest BCUT2D eigenvalue weighted by molar-refractivity contribution is 5.94. The van der Waals surface area contributed by atoms with Gasteiger partial charge in [0.25, 0.3) is 0 Å². The van der Waals surface area contributed by atoms with Gasteiger partial charge in [-0.2, -0.15) is 0 Å². The molecule has 0 aliphatic rings. The Morgan fingerprint density at radius 2 is 1.62 bits per heavy atom. The highest BCUT2D eigenvalue weighted by atomic mass is 16.2. The molecule has 0 aromatic heterocycles. The first-order valence-electron chi connectivity index (χ1n) is 7.45. The maximum atomic E-state index is 12.1. The van der Waals surface area contributed by atoms with Crippen molar-refractivity contribution in [3.8, 4) is 0 Å². The van der Waals surface area contributed by atoms with Crippen LogP contribution in [0.15, 0.2) is 24.3 Å². The zero-order valence-corrected chi connectivity index (χ0v) is 13.1. The number of carbonyl (C=O) groups is 2. The predicted octanol–water partition coefficient (Wildman–Crippen LogP) is 2.71. The molecule has 0 radical (unpaired) electrons. The summed E-state index contributed by atoms with van der Waals surface area (Å²) in [5.74, 6) is -0.160. The molecule has 1 rings (SSSR count). The van der Waals surface area contributed by atoms with Crippen LogP contribution in [0.25, 0.3) is 0 Å². The Bertz CT molecular complexity index is 468. The zero-order chi connectivity index (χ0) is 15.7. The van der Waals surface area contributed by atoms with E-state index in [1.54, 1.807) is 18.2 Å². The van der Waals surface area contributed by atoms with Crippen molar-refractivity contribution in [2.45, 2.75) is 33.6 Å². The van der Waals surface area contributed by atoms with Crippen molar-refractivity contribution in [1.29, 1.82) is 0 Å². The van der Waals surface area contributed by atoms with Gasteiger partial charge >= 0.3 is 0 Å². The highest BCUT2D eigenvalue weighted by Crippen LogP contribution is 2.15. The second-order valence-corrected chi connectivity index (χ2v) is 5.09. The molecule has 0 bridgehead atoms. The minimum absolute atomic E-state index is 0.0307. The van der Waals surface area contributed by atoms with Gasteiger partial charge in [0.1, 0.15) is 0 Å². The van der Waals surface area contributed by atoms with E-state index >= 15 is 0 Å². The largest absolute Gasteiger partial charge is 0.326 e. The van der Waals surface area contributed by atoms with Crippen molar-refractivity contribution in [3.05, 3.63) is 24.3 Å². The molecule has 0 spiro atoms. The molecular weight excluding hydrogens is 266 g/mol. The van der Waals surface area contributed by atoms with E-state index in [0.717, 1.165) is 25.9 Å². The second kappa shape index (κ2) is 9.13. The van der Waals surface area contributed by atoms with E-state index in [-0.39, 0.29) is 11.8 Å². The molecule has 0 aliphatic heterocycles. The molecule has 0 atom stereocenters. The third-order valence-electron chi connectivity index (χ3n) is 2.91. The average Bonchev–Trinajstić information content (AvgIpc) is 2.38. The smallest absolute Gasteiger partial charge is 0.238 e. The lowest BCUT2D eigenvalue weighted by Gasteiger charge is -2.20. The third-order valence-corrected chi connectivity index (χ3v) is 2.91. The highest BCUT2D eigenvalue weighted by Gasteiger charge is 2.09. The second-order valence-electron chi connectivity index (χ2n) is 5.09. The van der Waals surface area contributed by atoms with E-state index < -0.39 is 0 Å². The van der Waals surface area contributed by atoms with Gasteiger partial charge in [-0.15, -0.1) is 0 Å². The Labute approximate surface area is 126 Å². The van der Waals surface area contributed by atoms with E-state index in [0.29, 0.717) is 17.9 Å². The van der Waals surface area contributed by atoms with E-state index in [9.17, 15) is 9.59 Å². The molecule has 2 N–H and O–H groups in total. The lowest BCUT2D eigenvalue weighted by atomic mass is 10.2. The summed E-state index contributed by atoms with van der Waals surface area (Å²) in [6, 6.07) is 7.16. The van der Waals surface area contributed by atoms with Crippen LogP contribution in [0.5, 0.6) is 0 Å². The Balaban J connectivity index is 2.59. The minimum Gasteiger partial charge on any atom is -0.326 e. The van der Waals surface area contributed by atoms with Gasteiger partial charge in [-0.25, -0.2) is 0 Å². The predicted molar refractivity (Wildman–Crippen MR) is 86.4 cm³/mol. The number of nitrogens with zero attached hydrogens (tertiary/aromatic N) is 1. The number of hydrogen-bond donors (Lipinski definition) is 2. The molecule has 0 fully saturated rings. The van der Waals surface area contributed by atoms with Crippen molar-refractivity contribution in [2.24, 2.45) is 0 Å². The normalized spacial score (nSPS) is 10.5. The first-order valence-corrected chi connectivity index (χ1v) is 7.45. The number of amides is 2. The van der Waals surface area contributed by atoms with Crippen LogP contribution in [0.3, 0.4) is 0 Å². The minimum atomic E-state index is -0.129. The molecule has 0 unspecified atom stereocenters. The first kappa shape index (κ1) is 17.2. The van der Waals surface area contributed by atoms with Crippen LogP contribution in [0, 0.1) is 0 Å². The molecule has 0 heterocycles. The summed E-state index contributed by atoms with van der Waals surface area (Å²) >= 11 is 0. The number of anilines is 2. The van der Waals surface area contributed by atoms with Crippen LogP contribution < -0.4 is 10.6 Å². The summed E-state index contributed by atoms with van der Waals surface area (Å²) in [6.07, 6.45) is 2.07. The number of carbonyl (C=O) groups excluding carboxylic acids is 2. The number of nitrogens with one attached hydrogen (secondary N) is 2. The maximum absolute atomic E-state index is 12.1.